The van der Waals surface area contributed by atoms with Crippen LogP contribution in [0.5, 0.6) is 0 Å². The maximum atomic E-state index is 11.8. The van der Waals surface area contributed by atoms with Crippen LogP contribution in [-0.2, 0) is 5.60 Å². The van der Waals surface area contributed by atoms with Crippen molar-refractivity contribution >= 4 is 0 Å². The first-order valence-electron chi connectivity index (χ1n) is 9.72. The van der Waals surface area contributed by atoms with E-state index >= 15 is 0 Å². The van der Waals surface area contributed by atoms with E-state index in [0.717, 1.165) is 17.5 Å². The molecule has 2 saturated heterocycles. The minimum absolute atomic E-state index is 0.580. The maximum absolute atomic E-state index is 11.8. The first-order chi connectivity index (χ1) is 12.2. The van der Waals surface area contributed by atoms with E-state index in [1.807, 2.05) is 36.4 Å². The lowest BCUT2D eigenvalue weighted by Crippen LogP contribution is -2.50. The smallest absolute Gasteiger partial charge is 0.115 e. The molecule has 4 rings (SSSR count). The predicted octanol–water partition coefficient (Wildman–Crippen LogP) is 4.58. The summed E-state index contributed by atoms with van der Waals surface area (Å²) in [5.74, 6) is 0.580. The Bertz CT molecular complexity index is 630. The molecular formula is C23H29NO. The largest absolute Gasteiger partial charge is 0.380 e. The lowest BCUT2D eigenvalue weighted by Gasteiger charge is -2.48. The Morgan fingerprint density at radius 3 is 1.84 bits per heavy atom. The minimum atomic E-state index is -0.891. The summed E-state index contributed by atoms with van der Waals surface area (Å²) in [7, 11) is 2.30. The van der Waals surface area contributed by atoms with Crippen LogP contribution in [0, 0.1) is 5.92 Å². The number of fused-ring (bicyclic) bond motifs is 2. The quantitative estimate of drug-likeness (QED) is 0.884. The van der Waals surface area contributed by atoms with Crippen LogP contribution < -0.4 is 0 Å². The monoisotopic (exact) mass is 335 g/mol. The summed E-state index contributed by atoms with van der Waals surface area (Å²) in [4.78, 5) is 2.60. The van der Waals surface area contributed by atoms with Crippen LogP contribution in [0.2, 0.25) is 0 Å². The molecule has 2 bridgehead atoms. The zero-order chi connectivity index (χ0) is 17.3. The van der Waals surface area contributed by atoms with Crippen molar-refractivity contribution in [1.82, 2.24) is 4.90 Å². The lowest BCUT2D eigenvalue weighted by atomic mass is 9.71. The van der Waals surface area contributed by atoms with Gasteiger partial charge in [0, 0.05) is 12.1 Å². The molecule has 2 heterocycles. The second-order valence-electron chi connectivity index (χ2n) is 8.04. The molecule has 3 atom stereocenters. The van der Waals surface area contributed by atoms with Crippen molar-refractivity contribution in [3.63, 3.8) is 0 Å². The Morgan fingerprint density at radius 1 is 0.880 bits per heavy atom. The molecule has 132 valence electrons. The second-order valence-corrected chi connectivity index (χ2v) is 8.04. The topological polar surface area (TPSA) is 23.5 Å². The van der Waals surface area contributed by atoms with Gasteiger partial charge in [-0.2, -0.15) is 0 Å². The fourth-order valence-corrected chi connectivity index (χ4v) is 5.14. The van der Waals surface area contributed by atoms with Crippen LogP contribution in [0.4, 0.5) is 0 Å². The average Bonchev–Trinajstić information content (AvgIpc) is 2.64. The maximum Gasteiger partial charge on any atom is 0.115 e. The number of hydrogen-bond acceptors (Lipinski definition) is 2. The van der Waals surface area contributed by atoms with E-state index in [9.17, 15) is 5.11 Å². The van der Waals surface area contributed by atoms with Crippen molar-refractivity contribution < 1.29 is 5.11 Å². The number of nitrogens with zero attached hydrogens (tertiary/aromatic N) is 1. The highest BCUT2D eigenvalue weighted by Gasteiger charge is 2.41. The van der Waals surface area contributed by atoms with Gasteiger partial charge in [-0.05, 0) is 56.2 Å². The molecule has 25 heavy (non-hydrogen) atoms. The summed E-state index contributed by atoms with van der Waals surface area (Å²) in [5.41, 5.74) is 1.15. The highest BCUT2D eigenvalue weighted by Crippen LogP contribution is 2.43. The molecule has 1 unspecified atom stereocenters. The molecule has 2 heteroatoms. The van der Waals surface area contributed by atoms with Crippen molar-refractivity contribution in [2.45, 2.75) is 56.2 Å². The molecule has 2 aliphatic heterocycles. The van der Waals surface area contributed by atoms with Gasteiger partial charge in [-0.15, -0.1) is 0 Å². The van der Waals surface area contributed by atoms with Gasteiger partial charge in [0.15, 0.2) is 0 Å². The van der Waals surface area contributed by atoms with Crippen LogP contribution in [-0.4, -0.2) is 29.1 Å². The van der Waals surface area contributed by atoms with Gasteiger partial charge in [0.1, 0.15) is 5.60 Å². The lowest BCUT2D eigenvalue weighted by molar-refractivity contribution is -0.00635. The standard InChI is InChI=1S/C23H29NO/c1-24-21-13-8-14-22(24)16-18(15-21)17-23(25,19-9-4-2-5-10-19)20-11-6-3-7-12-20/h2-7,9-12,18,21-22,25H,8,13-17H2,1H3/t18?,21-,22+. The number of aliphatic hydroxyl groups is 1. The molecule has 0 saturated carbocycles. The third-order valence-corrected chi connectivity index (χ3v) is 6.52. The van der Waals surface area contributed by atoms with Gasteiger partial charge in [-0.3, -0.25) is 0 Å². The number of hydrogen-bond donors (Lipinski definition) is 1. The van der Waals surface area contributed by atoms with E-state index in [1.54, 1.807) is 0 Å². The van der Waals surface area contributed by atoms with Crippen LogP contribution in [0.3, 0.4) is 0 Å². The van der Waals surface area contributed by atoms with Crippen LogP contribution in [0.25, 0.3) is 0 Å². The fraction of sp³-hybridized carbons (Fsp3) is 0.478. The Balaban J connectivity index is 1.64. The van der Waals surface area contributed by atoms with Gasteiger partial charge in [-0.25, -0.2) is 0 Å². The molecular weight excluding hydrogens is 306 g/mol. The van der Waals surface area contributed by atoms with Gasteiger partial charge in [-0.1, -0.05) is 67.1 Å². The van der Waals surface area contributed by atoms with Gasteiger partial charge in [0.25, 0.3) is 0 Å². The van der Waals surface area contributed by atoms with E-state index in [0.29, 0.717) is 18.0 Å². The van der Waals surface area contributed by atoms with Crippen molar-refractivity contribution in [3.05, 3.63) is 71.8 Å². The first kappa shape index (κ1) is 16.8. The summed E-state index contributed by atoms with van der Waals surface area (Å²) in [6.45, 7) is 0. The first-order valence-corrected chi connectivity index (χ1v) is 9.72. The number of benzene rings is 2. The molecule has 2 nitrogen and oxygen atoms in total. The minimum Gasteiger partial charge on any atom is -0.380 e. The number of piperidine rings is 2. The third-order valence-electron chi connectivity index (χ3n) is 6.52. The molecule has 0 amide bonds. The Hall–Kier alpha value is -1.64. The fourth-order valence-electron chi connectivity index (χ4n) is 5.14. The van der Waals surface area contributed by atoms with E-state index in [2.05, 4.69) is 36.2 Å². The summed E-state index contributed by atoms with van der Waals surface area (Å²) in [6, 6.07) is 21.9. The molecule has 0 aliphatic carbocycles. The Labute approximate surface area is 151 Å². The third kappa shape index (κ3) is 3.26. The van der Waals surface area contributed by atoms with Gasteiger partial charge in [0.2, 0.25) is 0 Å². The highest BCUT2D eigenvalue weighted by atomic mass is 16.3. The molecule has 2 aliphatic rings. The second kappa shape index (κ2) is 6.93. The zero-order valence-electron chi connectivity index (χ0n) is 15.1. The van der Waals surface area contributed by atoms with Crippen LogP contribution in [0.1, 0.15) is 49.7 Å². The van der Waals surface area contributed by atoms with E-state index in [1.165, 1.54) is 32.1 Å². The molecule has 2 fully saturated rings. The normalized spacial score (nSPS) is 27.2. The predicted molar refractivity (Wildman–Crippen MR) is 102 cm³/mol. The molecule has 2 aromatic carbocycles. The van der Waals surface area contributed by atoms with E-state index in [-0.39, 0.29) is 0 Å². The van der Waals surface area contributed by atoms with Crippen molar-refractivity contribution in [1.29, 1.82) is 0 Å². The summed E-state index contributed by atoms with van der Waals surface area (Å²) in [5, 5.41) is 11.8. The highest BCUT2D eigenvalue weighted by molar-refractivity contribution is 5.36. The molecule has 1 N–H and O–H groups in total. The SMILES string of the molecule is CN1[C@@H]2CCC[C@H]1CC(CC(O)(c1ccccc1)c1ccccc1)C2. The summed E-state index contributed by atoms with van der Waals surface area (Å²) < 4.78 is 0. The van der Waals surface area contributed by atoms with Crippen LogP contribution in [0.15, 0.2) is 60.7 Å². The Kier molecular flexibility index (Phi) is 4.66. The molecule has 2 aromatic rings. The van der Waals surface area contributed by atoms with Gasteiger partial charge >= 0.3 is 0 Å². The van der Waals surface area contributed by atoms with Gasteiger partial charge in [0.05, 0.1) is 0 Å². The number of rotatable bonds is 4. The Morgan fingerprint density at radius 2 is 1.36 bits per heavy atom. The summed E-state index contributed by atoms with van der Waals surface area (Å²) >= 11 is 0. The molecule has 0 radical (unpaired) electrons. The van der Waals surface area contributed by atoms with Crippen LogP contribution >= 0.6 is 0 Å². The molecule has 0 aromatic heterocycles. The van der Waals surface area contributed by atoms with Crippen molar-refractivity contribution in [3.8, 4) is 0 Å². The van der Waals surface area contributed by atoms with Crippen molar-refractivity contribution in [2.24, 2.45) is 5.92 Å². The zero-order valence-corrected chi connectivity index (χ0v) is 15.1. The van der Waals surface area contributed by atoms with E-state index < -0.39 is 5.60 Å². The van der Waals surface area contributed by atoms with Crippen molar-refractivity contribution in [2.75, 3.05) is 7.05 Å². The van der Waals surface area contributed by atoms with Gasteiger partial charge < -0.3 is 10.0 Å². The van der Waals surface area contributed by atoms with E-state index in [4.69, 9.17) is 0 Å². The summed E-state index contributed by atoms with van der Waals surface area (Å²) in [6.07, 6.45) is 7.26. The molecule has 0 spiro atoms. The average molecular weight is 335 g/mol.